The van der Waals surface area contributed by atoms with Crippen LogP contribution < -0.4 is 4.18 Å². The van der Waals surface area contributed by atoms with Gasteiger partial charge < -0.3 is 14.0 Å². The summed E-state index contributed by atoms with van der Waals surface area (Å²) in [4.78, 5) is 12.8. The minimum atomic E-state index is -4.11. The Kier molecular flexibility index (Phi) is 9.60. The highest BCUT2D eigenvalue weighted by Gasteiger charge is 2.33. The SMILES string of the molecule is CCOC(=O)CC(c1ccc(Cl)c(CN2Cc3cc(O)ccc3OS2(=O)=O)c1)c1ccc2c(nnn2CCCCBr)c1C. The van der Waals surface area contributed by atoms with Gasteiger partial charge in [-0.15, -0.1) is 5.10 Å². The number of carbonyl (C=O) groups is 1. The molecule has 1 aromatic heterocycles. The summed E-state index contributed by atoms with van der Waals surface area (Å²) in [5.74, 6) is -0.584. The molecule has 0 spiro atoms. The summed E-state index contributed by atoms with van der Waals surface area (Å²) in [7, 11) is -4.11. The molecule has 0 fully saturated rings. The van der Waals surface area contributed by atoms with Crippen LogP contribution in [0.1, 0.15) is 59.9 Å². The molecule has 13 heteroatoms. The first-order valence-corrected chi connectivity index (χ1v) is 16.8. The maximum atomic E-state index is 13.0. The van der Waals surface area contributed by atoms with Crippen molar-refractivity contribution in [2.45, 2.75) is 58.7 Å². The van der Waals surface area contributed by atoms with Crippen molar-refractivity contribution >= 4 is 54.8 Å². The number of phenols is 1. The largest absolute Gasteiger partial charge is 0.508 e. The van der Waals surface area contributed by atoms with Gasteiger partial charge in [-0.3, -0.25) is 4.79 Å². The van der Waals surface area contributed by atoms with E-state index in [0.29, 0.717) is 16.1 Å². The molecule has 1 N–H and O–H groups in total. The van der Waals surface area contributed by atoms with Gasteiger partial charge in [0.15, 0.2) is 0 Å². The van der Waals surface area contributed by atoms with E-state index < -0.39 is 16.2 Å². The number of carbonyl (C=O) groups excluding carboxylic acids is 1. The maximum Gasteiger partial charge on any atom is 0.385 e. The fraction of sp³-hybridized carbons (Fsp3) is 0.367. The molecule has 10 nitrogen and oxygen atoms in total. The molecular weight excluding hydrogens is 660 g/mol. The smallest absolute Gasteiger partial charge is 0.385 e. The van der Waals surface area contributed by atoms with Crippen molar-refractivity contribution in [3.8, 4) is 11.5 Å². The lowest BCUT2D eigenvalue weighted by Gasteiger charge is -2.28. The first kappa shape index (κ1) is 31.2. The van der Waals surface area contributed by atoms with E-state index in [1.54, 1.807) is 13.0 Å². The molecule has 1 atom stereocenters. The first-order chi connectivity index (χ1) is 20.6. The van der Waals surface area contributed by atoms with E-state index in [0.717, 1.165) is 56.7 Å². The minimum Gasteiger partial charge on any atom is -0.508 e. The number of hydrogen-bond donors (Lipinski definition) is 1. The van der Waals surface area contributed by atoms with Gasteiger partial charge >= 0.3 is 16.3 Å². The molecule has 0 bridgehead atoms. The molecule has 0 saturated carbocycles. The third-order valence-electron chi connectivity index (χ3n) is 7.51. The first-order valence-electron chi connectivity index (χ1n) is 13.9. The highest BCUT2D eigenvalue weighted by molar-refractivity contribution is 9.09. The maximum absolute atomic E-state index is 13.0. The molecule has 0 saturated heterocycles. The van der Waals surface area contributed by atoms with Gasteiger partial charge in [0.05, 0.1) is 18.5 Å². The number of aryl methyl sites for hydroxylation is 2. The van der Waals surface area contributed by atoms with Crippen molar-refractivity contribution in [1.29, 1.82) is 0 Å². The van der Waals surface area contributed by atoms with Crippen LogP contribution in [0.4, 0.5) is 0 Å². The molecule has 4 aromatic rings. The van der Waals surface area contributed by atoms with Crippen LogP contribution in [0.5, 0.6) is 11.5 Å². The molecule has 228 valence electrons. The van der Waals surface area contributed by atoms with Crippen LogP contribution in [-0.2, 0) is 39.5 Å². The highest BCUT2D eigenvalue weighted by atomic mass is 79.9. The molecule has 0 aliphatic carbocycles. The summed E-state index contributed by atoms with van der Waals surface area (Å²) in [6.45, 7) is 4.66. The average Bonchev–Trinajstić information content (AvgIpc) is 3.38. The number of phenolic OH excluding ortho intramolecular Hbond substituents is 1. The van der Waals surface area contributed by atoms with Crippen LogP contribution in [0.2, 0.25) is 5.02 Å². The number of halogens is 2. The number of ether oxygens (including phenoxy) is 1. The van der Waals surface area contributed by atoms with Crippen LogP contribution in [0.3, 0.4) is 0 Å². The van der Waals surface area contributed by atoms with Gasteiger partial charge in [0.2, 0.25) is 0 Å². The Bertz CT molecular complexity index is 1760. The third-order valence-corrected chi connectivity index (χ3v) is 9.72. The number of rotatable bonds is 11. The van der Waals surface area contributed by atoms with E-state index in [2.05, 4.69) is 26.2 Å². The van der Waals surface area contributed by atoms with Crippen molar-refractivity contribution in [2.24, 2.45) is 0 Å². The second-order valence-corrected chi connectivity index (χ2v) is 13.1. The molecule has 3 aromatic carbocycles. The zero-order valence-corrected chi connectivity index (χ0v) is 27.0. The summed E-state index contributed by atoms with van der Waals surface area (Å²) in [6, 6.07) is 13.6. The topological polar surface area (TPSA) is 124 Å². The van der Waals surface area contributed by atoms with Gasteiger partial charge in [-0.05, 0) is 79.3 Å². The Labute approximate surface area is 263 Å². The zero-order chi connectivity index (χ0) is 30.7. The molecule has 0 amide bonds. The Balaban J connectivity index is 1.50. The molecule has 1 aliphatic rings. The zero-order valence-electron chi connectivity index (χ0n) is 23.8. The molecule has 1 aliphatic heterocycles. The van der Waals surface area contributed by atoms with Crippen molar-refractivity contribution in [2.75, 3.05) is 11.9 Å². The lowest BCUT2D eigenvalue weighted by Crippen LogP contribution is -2.37. The predicted octanol–water partition coefficient (Wildman–Crippen LogP) is 6.00. The Morgan fingerprint density at radius 1 is 1.19 bits per heavy atom. The van der Waals surface area contributed by atoms with Gasteiger partial charge in [0.1, 0.15) is 17.0 Å². The molecule has 1 unspecified atom stereocenters. The van der Waals surface area contributed by atoms with Crippen molar-refractivity contribution < 1.29 is 27.2 Å². The van der Waals surface area contributed by atoms with Crippen LogP contribution in [-0.4, -0.2) is 50.7 Å². The Morgan fingerprint density at radius 3 is 2.77 bits per heavy atom. The van der Waals surface area contributed by atoms with E-state index in [9.17, 15) is 18.3 Å². The van der Waals surface area contributed by atoms with E-state index in [-0.39, 0.29) is 43.6 Å². The van der Waals surface area contributed by atoms with E-state index in [1.807, 2.05) is 35.9 Å². The minimum absolute atomic E-state index is 0.0000474. The van der Waals surface area contributed by atoms with Gasteiger partial charge in [0.25, 0.3) is 0 Å². The van der Waals surface area contributed by atoms with Gasteiger partial charge in [-0.25, -0.2) is 4.68 Å². The summed E-state index contributed by atoms with van der Waals surface area (Å²) in [6.07, 6.45) is 2.06. The number of fused-ring (bicyclic) bond motifs is 2. The second kappa shape index (κ2) is 13.2. The fourth-order valence-electron chi connectivity index (χ4n) is 5.34. The number of aromatic hydroxyl groups is 1. The number of hydrogen-bond acceptors (Lipinski definition) is 8. The monoisotopic (exact) mass is 690 g/mol. The molecule has 0 radical (unpaired) electrons. The van der Waals surface area contributed by atoms with Crippen LogP contribution >= 0.6 is 27.5 Å². The van der Waals surface area contributed by atoms with E-state index >= 15 is 0 Å². The molecule has 2 heterocycles. The summed E-state index contributed by atoms with van der Waals surface area (Å²) in [5.41, 5.74) is 5.32. The van der Waals surface area contributed by atoms with Crippen molar-refractivity contribution in [3.05, 3.63) is 81.4 Å². The van der Waals surface area contributed by atoms with Crippen LogP contribution in [0.25, 0.3) is 11.0 Å². The summed E-state index contributed by atoms with van der Waals surface area (Å²) < 4.78 is 39.6. The van der Waals surface area contributed by atoms with Crippen LogP contribution in [0, 0.1) is 6.92 Å². The quantitative estimate of drug-likeness (QED) is 0.116. The lowest BCUT2D eigenvalue weighted by atomic mass is 9.85. The molecular formula is C30H32BrClN4O6S. The third kappa shape index (κ3) is 6.82. The lowest BCUT2D eigenvalue weighted by molar-refractivity contribution is -0.143. The number of alkyl halides is 1. The fourth-order valence-corrected chi connectivity index (χ4v) is 7.00. The summed E-state index contributed by atoms with van der Waals surface area (Å²) >= 11 is 10.1. The van der Waals surface area contributed by atoms with Crippen LogP contribution in [0.15, 0.2) is 48.5 Å². The number of aromatic nitrogens is 3. The number of unbranched alkanes of at least 4 members (excludes halogenated alkanes) is 1. The number of benzene rings is 3. The number of nitrogens with zero attached hydrogens (tertiary/aromatic N) is 4. The van der Waals surface area contributed by atoms with Crippen molar-refractivity contribution in [1.82, 2.24) is 19.3 Å². The standard InChI is InChI=1S/C30H32BrClN4O6S/c1-3-41-29(38)16-25(24-8-10-27-30(19(24)2)33-34-36(27)13-5-4-12-31)20-6-9-26(32)21(14-20)17-35-18-22-15-23(37)7-11-28(22)42-43(35,39)40/h6-11,14-15,25,37H,3-5,12-13,16-18H2,1-2H3. The second-order valence-electron chi connectivity index (χ2n) is 10.4. The molecule has 5 rings (SSSR count). The van der Waals surface area contributed by atoms with Gasteiger partial charge in [-0.1, -0.05) is 50.9 Å². The predicted molar refractivity (Wildman–Crippen MR) is 167 cm³/mol. The van der Waals surface area contributed by atoms with E-state index in [4.69, 9.17) is 20.5 Å². The number of esters is 1. The molecule has 43 heavy (non-hydrogen) atoms. The van der Waals surface area contributed by atoms with Gasteiger partial charge in [-0.2, -0.15) is 12.7 Å². The van der Waals surface area contributed by atoms with Crippen molar-refractivity contribution in [3.63, 3.8) is 0 Å². The normalized spacial score (nSPS) is 15.2. The average molecular weight is 692 g/mol. The van der Waals surface area contributed by atoms with Gasteiger partial charge in [0, 0.05) is 41.5 Å². The summed E-state index contributed by atoms with van der Waals surface area (Å²) in [5, 5.41) is 20.0. The Hall–Kier alpha value is -3.19. The van der Waals surface area contributed by atoms with E-state index in [1.165, 1.54) is 18.2 Å². The highest BCUT2D eigenvalue weighted by Crippen LogP contribution is 2.37. The Morgan fingerprint density at radius 2 is 2.00 bits per heavy atom.